The molecule has 0 radical (unpaired) electrons. The van der Waals surface area contributed by atoms with E-state index in [0.717, 1.165) is 0 Å². The Morgan fingerprint density at radius 2 is 1.88 bits per heavy atom. The first-order valence-electron chi connectivity index (χ1n) is 4.96. The number of likely N-dealkylation sites (tertiary alicyclic amines) is 1. The third-order valence-corrected chi connectivity index (χ3v) is 3.05. The van der Waals surface area contributed by atoms with Crippen LogP contribution in [0.15, 0.2) is 18.2 Å². The summed E-state index contributed by atoms with van der Waals surface area (Å²) in [6.07, 6.45) is 0. The molecule has 0 spiro atoms. The van der Waals surface area contributed by atoms with Gasteiger partial charge in [0.1, 0.15) is 0 Å². The predicted molar refractivity (Wildman–Crippen MR) is 62.9 cm³/mol. The van der Waals surface area contributed by atoms with Crippen molar-refractivity contribution in [2.45, 2.75) is 0 Å². The number of benzene rings is 1. The van der Waals surface area contributed by atoms with Crippen LogP contribution in [0.3, 0.4) is 0 Å². The summed E-state index contributed by atoms with van der Waals surface area (Å²) in [7, 11) is 0. The van der Waals surface area contributed by atoms with Gasteiger partial charge in [-0.15, -0.1) is 0 Å². The van der Waals surface area contributed by atoms with Crippen LogP contribution >= 0.6 is 23.2 Å². The normalized spacial score (nSPS) is 16.1. The quantitative estimate of drug-likeness (QED) is 0.884. The van der Waals surface area contributed by atoms with Gasteiger partial charge in [-0.3, -0.25) is 4.79 Å². The summed E-state index contributed by atoms with van der Waals surface area (Å²) in [4.78, 5) is 13.6. The van der Waals surface area contributed by atoms with E-state index in [1.54, 1.807) is 23.1 Å². The van der Waals surface area contributed by atoms with E-state index in [9.17, 15) is 4.79 Å². The molecule has 1 aliphatic heterocycles. The molecule has 1 heterocycles. The van der Waals surface area contributed by atoms with Crippen LogP contribution in [0.4, 0.5) is 0 Å². The average Bonchev–Trinajstić information content (AvgIpc) is 2.14. The van der Waals surface area contributed by atoms with Crippen molar-refractivity contribution in [2.24, 2.45) is 5.92 Å². The standard InChI is InChI=1S/C11H11Cl2NO2/c12-9-1-8(2-10(13)3-9)11(16)14-4-7(5-14)6-15/h1-3,7,15H,4-6H2. The number of nitrogens with zero attached hydrogens (tertiary/aromatic N) is 1. The molecule has 1 saturated heterocycles. The van der Waals surface area contributed by atoms with E-state index in [-0.39, 0.29) is 18.4 Å². The zero-order valence-corrected chi connectivity index (χ0v) is 10.0. The molecule has 0 aromatic heterocycles. The summed E-state index contributed by atoms with van der Waals surface area (Å²) in [5.41, 5.74) is 0.494. The summed E-state index contributed by atoms with van der Waals surface area (Å²) in [5, 5.41) is 9.77. The second-order valence-electron chi connectivity index (χ2n) is 3.92. The molecule has 1 fully saturated rings. The number of carbonyl (C=O) groups is 1. The second kappa shape index (κ2) is 4.62. The lowest BCUT2D eigenvalue weighted by Gasteiger charge is -2.38. The van der Waals surface area contributed by atoms with E-state index < -0.39 is 0 Å². The van der Waals surface area contributed by atoms with Gasteiger partial charge in [-0.25, -0.2) is 0 Å². The number of halogens is 2. The zero-order valence-electron chi connectivity index (χ0n) is 8.49. The van der Waals surface area contributed by atoms with Gasteiger partial charge < -0.3 is 10.0 Å². The van der Waals surface area contributed by atoms with Crippen LogP contribution in [0.5, 0.6) is 0 Å². The van der Waals surface area contributed by atoms with Crippen molar-refractivity contribution in [2.75, 3.05) is 19.7 Å². The highest BCUT2D eigenvalue weighted by molar-refractivity contribution is 6.35. The van der Waals surface area contributed by atoms with Gasteiger partial charge in [-0.05, 0) is 18.2 Å². The summed E-state index contributed by atoms with van der Waals surface area (Å²) < 4.78 is 0. The molecule has 86 valence electrons. The summed E-state index contributed by atoms with van der Waals surface area (Å²) in [6, 6.07) is 4.79. The van der Waals surface area contributed by atoms with Crippen LogP contribution in [0.25, 0.3) is 0 Å². The van der Waals surface area contributed by atoms with Crippen molar-refractivity contribution in [3.8, 4) is 0 Å². The van der Waals surface area contributed by atoms with E-state index in [1.807, 2.05) is 0 Å². The molecular formula is C11H11Cl2NO2. The Hall–Kier alpha value is -0.770. The van der Waals surface area contributed by atoms with E-state index in [1.165, 1.54) is 0 Å². The average molecular weight is 260 g/mol. The van der Waals surface area contributed by atoms with Crippen molar-refractivity contribution in [1.29, 1.82) is 0 Å². The van der Waals surface area contributed by atoms with Crippen LogP contribution < -0.4 is 0 Å². The lowest BCUT2D eigenvalue weighted by molar-refractivity contribution is 0.0362. The monoisotopic (exact) mass is 259 g/mol. The van der Waals surface area contributed by atoms with Crippen molar-refractivity contribution < 1.29 is 9.90 Å². The number of aliphatic hydroxyl groups excluding tert-OH is 1. The largest absolute Gasteiger partial charge is 0.396 e. The van der Waals surface area contributed by atoms with E-state index in [4.69, 9.17) is 28.3 Å². The molecule has 0 saturated carbocycles. The SMILES string of the molecule is O=C(c1cc(Cl)cc(Cl)c1)N1CC(CO)C1. The first-order valence-corrected chi connectivity index (χ1v) is 5.72. The highest BCUT2D eigenvalue weighted by atomic mass is 35.5. The van der Waals surface area contributed by atoms with E-state index in [0.29, 0.717) is 28.7 Å². The third-order valence-electron chi connectivity index (χ3n) is 2.61. The van der Waals surface area contributed by atoms with Gasteiger partial charge in [0.05, 0.1) is 0 Å². The number of hydrogen-bond donors (Lipinski definition) is 1. The van der Waals surface area contributed by atoms with Gasteiger partial charge in [-0.2, -0.15) is 0 Å². The van der Waals surface area contributed by atoms with Crippen LogP contribution in [0.2, 0.25) is 10.0 Å². The number of aliphatic hydroxyl groups is 1. The molecule has 0 aliphatic carbocycles. The Kier molecular flexibility index (Phi) is 3.38. The van der Waals surface area contributed by atoms with Crippen LogP contribution in [-0.4, -0.2) is 35.6 Å². The van der Waals surface area contributed by atoms with Gasteiger partial charge in [0, 0.05) is 41.2 Å². The van der Waals surface area contributed by atoms with Crippen molar-refractivity contribution in [3.63, 3.8) is 0 Å². The summed E-state index contributed by atoms with van der Waals surface area (Å²) in [5.74, 6) is 0.118. The van der Waals surface area contributed by atoms with Crippen molar-refractivity contribution in [1.82, 2.24) is 4.90 Å². The highest BCUT2D eigenvalue weighted by Crippen LogP contribution is 2.23. The number of amides is 1. The number of hydrogen-bond acceptors (Lipinski definition) is 2. The Morgan fingerprint density at radius 3 is 2.38 bits per heavy atom. The van der Waals surface area contributed by atoms with E-state index in [2.05, 4.69) is 0 Å². The third kappa shape index (κ3) is 2.32. The van der Waals surface area contributed by atoms with Gasteiger partial charge in [0.2, 0.25) is 0 Å². The topological polar surface area (TPSA) is 40.5 Å². The Morgan fingerprint density at radius 1 is 1.31 bits per heavy atom. The molecule has 2 rings (SSSR count). The molecular weight excluding hydrogens is 249 g/mol. The lowest BCUT2D eigenvalue weighted by Crippen LogP contribution is -2.51. The summed E-state index contributed by atoms with van der Waals surface area (Å²) >= 11 is 11.6. The van der Waals surface area contributed by atoms with Gasteiger partial charge in [-0.1, -0.05) is 23.2 Å². The molecule has 0 atom stereocenters. The molecule has 1 aliphatic rings. The number of rotatable bonds is 2. The maximum atomic E-state index is 11.9. The minimum Gasteiger partial charge on any atom is -0.396 e. The molecule has 5 heteroatoms. The van der Waals surface area contributed by atoms with Crippen molar-refractivity contribution in [3.05, 3.63) is 33.8 Å². The molecule has 16 heavy (non-hydrogen) atoms. The maximum absolute atomic E-state index is 11.9. The fourth-order valence-electron chi connectivity index (χ4n) is 1.71. The molecule has 1 amide bonds. The molecule has 0 bridgehead atoms. The molecule has 1 N–H and O–H groups in total. The van der Waals surface area contributed by atoms with E-state index >= 15 is 0 Å². The zero-order chi connectivity index (χ0) is 11.7. The van der Waals surface area contributed by atoms with Crippen LogP contribution in [0, 0.1) is 5.92 Å². The predicted octanol–water partition coefficient (Wildman–Crippen LogP) is 2.06. The maximum Gasteiger partial charge on any atom is 0.253 e. The number of carbonyl (C=O) groups excluding carboxylic acids is 1. The molecule has 1 aromatic rings. The van der Waals surface area contributed by atoms with Crippen LogP contribution in [0.1, 0.15) is 10.4 Å². The van der Waals surface area contributed by atoms with Gasteiger partial charge >= 0.3 is 0 Å². The molecule has 0 unspecified atom stereocenters. The fourth-order valence-corrected chi connectivity index (χ4v) is 2.24. The Balaban J connectivity index is 2.10. The minimum absolute atomic E-state index is 0.0888. The first kappa shape index (κ1) is 11.7. The highest BCUT2D eigenvalue weighted by Gasteiger charge is 2.30. The first-order chi connectivity index (χ1) is 7.60. The lowest BCUT2D eigenvalue weighted by atomic mass is 10.00. The molecule has 1 aromatic carbocycles. The van der Waals surface area contributed by atoms with Crippen LogP contribution in [-0.2, 0) is 0 Å². The van der Waals surface area contributed by atoms with Crippen molar-refractivity contribution >= 4 is 29.1 Å². The van der Waals surface area contributed by atoms with Gasteiger partial charge in [0.25, 0.3) is 5.91 Å². The minimum atomic E-state index is -0.0888. The second-order valence-corrected chi connectivity index (χ2v) is 4.79. The van der Waals surface area contributed by atoms with Gasteiger partial charge in [0.15, 0.2) is 0 Å². The molecule has 3 nitrogen and oxygen atoms in total. The summed E-state index contributed by atoms with van der Waals surface area (Å²) in [6.45, 7) is 1.32. The smallest absolute Gasteiger partial charge is 0.253 e. The Bertz CT molecular complexity index is 396. The Labute approximate surface area is 104 Å². The fraction of sp³-hybridized carbons (Fsp3) is 0.364.